The minimum atomic E-state index is -0.338. The summed E-state index contributed by atoms with van der Waals surface area (Å²) in [4.78, 5) is 0. The quantitative estimate of drug-likeness (QED) is 0.347. The number of benzene rings is 2. The van der Waals surface area contributed by atoms with Crippen molar-refractivity contribution in [1.82, 2.24) is 0 Å². The molecule has 0 fully saturated rings. The van der Waals surface area contributed by atoms with E-state index < -0.39 is 0 Å². The lowest BCUT2D eigenvalue weighted by Crippen LogP contribution is -2.16. The van der Waals surface area contributed by atoms with Gasteiger partial charge in [-0.1, -0.05) is 45.4 Å². The van der Waals surface area contributed by atoms with Crippen LogP contribution in [0.25, 0.3) is 0 Å². The van der Waals surface area contributed by atoms with Gasteiger partial charge < -0.3 is 16.3 Å². The SMILES string of the molecule is NC(=NO)c1ccccc1CNc1cc(Br)ccc1F. The van der Waals surface area contributed by atoms with Crippen molar-refractivity contribution in [2.24, 2.45) is 10.9 Å². The average molecular weight is 338 g/mol. The summed E-state index contributed by atoms with van der Waals surface area (Å²) in [5.41, 5.74) is 7.41. The van der Waals surface area contributed by atoms with Crippen molar-refractivity contribution >= 4 is 27.5 Å². The molecule has 0 amide bonds. The Labute approximate surface area is 124 Å². The Morgan fingerprint density at radius 1 is 1.30 bits per heavy atom. The summed E-state index contributed by atoms with van der Waals surface area (Å²) in [6.07, 6.45) is 0. The summed E-state index contributed by atoms with van der Waals surface area (Å²) in [5, 5.41) is 14.7. The van der Waals surface area contributed by atoms with Crippen LogP contribution in [0.15, 0.2) is 52.1 Å². The van der Waals surface area contributed by atoms with Gasteiger partial charge in [0, 0.05) is 16.6 Å². The van der Waals surface area contributed by atoms with Gasteiger partial charge in [0.1, 0.15) is 5.82 Å². The molecule has 0 aliphatic carbocycles. The summed E-state index contributed by atoms with van der Waals surface area (Å²) < 4.78 is 14.4. The third-order valence-electron chi connectivity index (χ3n) is 2.80. The number of rotatable bonds is 4. The predicted octanol–water partition coefficient (Wildman–Crippen LogP) is 3.29. The highest BCUT2D eigenvalue weighted by Crippen LogP contribution is 2.21. The molecule has 0 aromatic heterocycles. The summed E-state index contributed by atoms with van der Waals surface area (Å²) in [6, 6.07) is 11.9. The summed E-state index contributed by atoms with van der Waals surface area (Å²) in [6.45, 7) is 0.361. The van der Waals surface area contributed by atoms with Crippen LogP contribution in [0.3, 0.4) is 0 Å². The van der Waals surface area contributed by atoms with Crippen molar-refractivity contribution in [3.63, 3.8) is 0 Å². The fourth-order valence-corrected chi connectivity index (χ4v) is 2.16. The molecule has 0 radical (unpaired) electrons. The topological polar surface area (TPSA) is 70.6 Å². The van der Waals surface area contributed by atoms with Crippen LogP contribution in [0.4, 0.5) is 10.1 Å². The number of halogens is 2. The summed E-state index contributed by atoms with van der Waals surface area (Å²) >= 11 is 3.29. The molecule has 6 heteroatoms. The molecular weight excluding hydrogens is 325 g/mol. The van der Waals surface area contributed by atoms with Crippen LogP contribution in [0.5, 0.6) is 0 Å². The zero-order valence-corrected chi connectivity index (χ0v) is 12.1. The van der Waals surface area contributed by atoms with Gasteiger partial charge in [0.15, 0.2) is 5.84 Å². The van der Waals surface area contributed by atoms with E-state index in [4.69, 9.17) is 10.9 Å². The molecule has 4 N–H and O–H groups in total. The third-order valence-corrected chi connectivity index (χ3v) is 3.29. The van der Waals surface area contributed by atoms with Gasteiger partial charge in [0.25, 0.3) is 0 Å². The molecule has 0 heterocycles. The van der Waals surface area contributed by atoms with Crippen molar-refractivity contribution in [3.05, 3.63) is 63.9 Å². The first-order valence-electron chi connectivity index (χ1n) is 5.86. The second-order valence-electron chi connectivity index (χ2n) is 4.12. The van der Waals surface area contributed by atoms with Crippen LogP contribution in [-0.4, -0.2) is 11.0 Å². The number of nitrogens with two attached hydrogens (primary N) is 1. The molecule has 0 unspecified atom stereocenters. The molecule has 0 bridgehead atoms. The van der Waals surface area contributed by atoms with Gasteiger partial charge in [-0.05, 0) is 23.8 Å². The minimum absolute atomic E-state index is 0.0251. The van der Waals surface area contributed by atoms with Gasteiger partial charge in [-0.2, -0.15) is 0 Å². The molecule has 2 aromatic carbocycles. The smallest absolute Gasteiger partial charge is 0.170 e. The Kier molecular flexibility index (Phi) is 4.57. The number of hydrogen-bond acceptors (Lipinski definition) is 3. The van der Waals surface area contributed by atoms with Crippen LogP contribution < -0.4 is 11.1 Å². The molecular formula is C14H13BrFN3O. The third kappa shape index (κ3) is 3.27. The summed E-state index contributed by atoms with van der Waals surface area (Å²) in [5.74, 6) is -0.313. The fourth-order valence-electron chi connectivity index (χ4n) is 1.80. The lowest BCUT2D eigenvalue weighted by Gasteiger charge is -2.11. The molecule has 104 valence electrons. The van der Waals surface area contributed by atoms with Crippen LogP contribution in [0.2, 0.25) is 0 Å². The number of hydrogen-bond donors (Lipinski definition) is 3. The first-order valence-corrected chi connectivity index (χ1v) is 6.66. The monoisotopic (exact) mass is 337 g/mol. The standard InChI is InChI=1S/C14H13BrFN3O/c15-10-5-6-12(16)13(7-10)18-8-9-3-1-2-4-11(9)14(17)19-20/h1-7,18,20H,8H2,(H2,17,19). The maximum Gasteiger partial charge on any atom is 0.170 e. The van der Waals surface area contributed by atoms with Gasteiger partial charge in [-0.15, -0.1) is 0 Å². The lowest BCUT2D eigenvalue weighted by molar-refractivity contribution is 0.318. The second kappa shape index (κ2) is 6.38. The Balaban J connectivity index is 2.21. The molecule has 20 heavy (non-hydrogen) atoms. The van der Waals surface area contributed by atoms with Crippen molar-refractivity contribution in [2.75, 3.05) is 5.32 Å². The highest BCUT2D eigenvalue weighted by molar-refractivity contribution is 9.10. The van der Waals surface area contributed by atoms with E-state index in [9.17, 15) is 4.39 Å². The maximum atomic E-state index is 13.6. The molecule has 0 spiro atoms. The minimum Gasteiger partial charge on any atom is -0.409 e. The number of nitrogens with zero attached hydrogens (tertiary/aromatic N) is 1. The molecule has 0 atom stereocenters. The van der Waals surface area contributed by atoms with Crippen molar-refractivity contribution in [2.45, 2.75) is 6.54 Å². The van der Waals surface area contributed by atoms with Gasteiger partial charge in [0.2, 0.25) is 0 Å². The Morgan fingerprint density at radius 2 is 2.05 bits per heavy atom. The molecule has 4 nitrogen and oxygen atoms in total. The molecule has 0 saturated carbocycles. The number of oxime groups is 1. The van der Waals surface area contributed by atoms with E-state index in [1.54, 1.807) is 24.3 Å². The Bertz CT molecular complexity index is 646. The molecule has 0 saturated heterocycles. The molecule has 0 aliphatic rings. The van der Waals surface area contributed by atoms with E-state index in [2.05, 4.69) is 26.4 Å². The van der Waals surface area contributed by atoms with Crippen LogP contribution in [-0.2, 0) is 6.54 Å². The van der Waals surface area contributed by atoms with Crippen molar-refractivity contribution < 1.29 is 9.60 Å². The van der Waals surface area contributed by atoms with E-state index >= 15 is 0 Å². The zero-order valence-electron chi connectivity index (χ0n) is 10.5. The Morgan fingerprint density at radius 3 is 2.80 bits per heavy atom. The normalized spacial score (nSPS) is 11.4. The van der Waals surface area contributed by atoms with E-state index in [1.165, 1.54) is 6.07 Å². The van der Waals surface area contributed by atoms with E-state index in [0.29, 0.717) is 17.8 Å². The fraction of sp³-hybridized carbons (Fsp3) is 0.0714. The van der Waals surface area contributed by atoms with E-state index in [-0.39, 0.29) is 11.7 Å². The number of amidine groups is 1. The first-order chi connectivity index (χ1) is 9.61. The first kappa shape index (κ1) is 14.3. The molecule has 2 rings (SSSR count). The van der Waals surface area contributed by atoms with E-state index in [0.717, 1.165) is 10.0 Å². The zero-order chi connectivity index (χ0) is 14.5. The van der Waals surface area contributed by atoms with Gasteiger partial charge >= 0.3 is 0 Å². The number of nitrogens with one attached hydrogen (secondary N) is 1. The predicted molar refractivity (Wildman–Crippen MR) is 80.4 cm³/mol. The Hall–Kier alpha value is -2.08. The van der Waals surface area contributed by atoms with Crippen LogP contribution >= 0.6 is 15.9 Å². The highest BCUT2D eigenvalue weighted by Gasteiger charge is 2.07. The van der Waals surface area contributed by atoms with Crippen molar-refractivity contribution in [1.29, 1.82) is 0 Å². The van der Waals surface area contributed by atoms with Crippen molar-refractivity contribution in [3.8, 4) is 0 Å². The van der Waals surface area contributed by atoms with Gasteiger partial charge in [-0.25, -0.2) is 4.39 Å². The number of anilines is 1. The van der Waals surface area contributed by atoms with Crippen LogP contribution in [0.1, 0.15) is 11.1 Å². The average Bonchev–Trinajstić information content (AvgIpc) is 2.47. The largest absolute Gasteiger partial charge is 0.409 e. The highest BCUT2D eigenvalue weighted by atomic mass is 79.9. The lowest BCUT2D eigenvalue weighted by atomic mass is 10.1. The van der Waals surface area contributed by atoms with Gasteiger partial charge in [-0.3, -0.25) is 0 Å². The van der Waals surface area contributed by atoms with E-state index in [1.807, 2.05) is 12.1 Å². The second-order valence-corrected chi connectivity index (χ2v) is 5.04. The molecule has 0 aliphatic heterocycles. The van der Waals surface area contributed by atoms with Crippen LogP contribution in [0, 0.1) is 5.82 Å². The maximum absolute atomic E-state index is 13.6. The molecule has 2 aromatic rings. The summed E-state index contributed by atoms with van der Waals surface area (Å²) in [7, 11) is 0. The van der Waals surface area contributed by atoms with Gasteiger partial charge in [0.05, 0.1) is 5.69 Å².